The van der Waals surface area contributed by atoms with Crippen LogP contribution < -0.4 is 0 Å². The second-order valence-electron chi connectivity index (χ2n) is 6.92. The summed E-state index contributed by atoms with van der Waals surface area (Å²) in [5.41, 5.74) is 6.58. The van der Waals surface area contributed by atoms with Crippen molar-refractivity contribution in [1.82, 2.24) is 14.5 Å². The van der Waals surface area contributed by atoms with Crippen LogP contribution in [0.15, 0.2) is 54.2 Å². The fourth-order valence-electron chi connectivity index (χ4n) is 3.58. The van der Waals surface area contributed by atoms with Crippen molar-refractivity contribution in [3.8, 4) is 0 Å². The third-order valence-electron chi connectivity index (χ3n) is 5.02. The zero-order valence-corrected chi connectivity index (χ0v) is 15.1. The summed E-state index contributed by atoms with van der Waals surface area (Å²) in [6.45, 7) is 7.54. The van der Waals surface area contributed by atoms with E-state index in [1.54, 1.807) is 0 Å². The number of benzene rings is 1. The van der Waals surface area contributed by atoms with E-state index in [9.17, 15) is 0 Å². The standard InChI is InChI=1S/C21H24N4/c1-4-16-6-5-7-18-17(16)8-10-24-11-9-22-21(12-20(18)24)25-13-19(15(2)3)23-14-25/h5-7,9,11-15H,4,8,10H2,1-3H3. The van der Waals surface area contributed by atoms with Gasteiger partial charge in [-0.25, -0.2) is 9.98 Å². The van der Waals surface area contributed by atoms with Gasteiger partial charge in [0.1, 0.15) is 12.2 Å². The van der Waals surface area contributed by atoms with Gasteiger partial charge in [0, 0.05) is 36.8 Å². The zero-order chi connectivity index (χ0) is 17.4. The van der Waals surface area contributed by atoms with Gasteiger partial charge in [-0.15, -0.1) is 0 Å². The number of rotatable bonds is 2. The summed E-state index contributed by atoms with van der Waals surface area (Å²) >= 11 is 0. The second kappa shape index (κ2) is 6.36. The highest BCUT2D eigenvalue weighted by atomic mass is 15.2. The zero-order valence-electron chi connectivity index (χ0n) is 15.1. The number of fused-ring (bicyclic) bond motifs is 3. The Morgan fingerprint density at radius 2 is 2.12 bits per heavy atom. The molecule has 0 saturated carbocycles. The Kier molecular flexibility index (Phi) is 4.04. The fraction of sp³-hybridized carbons (Fsp3) is 0.333. The van der Waals surface area contributed by atoms with Gasteiger partial charge in [-0.05, 0) is 29.9 Å². The molecule has 2 aliphatic rings. The largest absolute Gasteiger partial charge is 0.346 e. The lowest BCUT2D eigenvalue weighted by Gasteiger charge is -2.31. The molecule has 0 fully saturated rings. The van der Waals surface area contributed by atoms with Crippen molar-refractivity contribution in [1.29, 1.82) is 0 Å². The molecule has 4 heteroatoms. The maximum Gasteiger partial charge on any atom is 0.139 e. The first kappa shape index (κ1) is 15.9. The number of nitrogens with zero attached hydrogens (tertiary/aromatic N) is 4. The molecule has 4 rings (SSSR count). The summed E-state index contributed by atoms with van der Waals surface area (Å²) in [4.78, 5) is 11.5. The molecule has 1 aromatic heterocycles. The molecule has 0 saturated heterocycles. The van der Waals surface area contributed by atoms with Gasteiger partial charge in [0.05, 0.1) is 11.4 Å². The molecule has 1 aromatic carbocycles. The Labute approximate surface area is 149 Å². The van der Waals surface area contributed by atoms with Crippen LogP contribution in [0.4, 0.5) is 0 Å². The summed E-state index contributed by atoms with van der Waals surface area (Å²) in [6.07, 6.45) is 12.3. The van der Waals surface area contributed by atoms with E-state index in [0.717, 1.165) is 30.9 Å². The number of aromatic nitrogens is 2. The molecular weight excluding hydrogens is 308 g/mol. The van der Waals surface area contributed by atoms with Crippen LogP contribution in [0.25, 0.3) is 5.70 Å². The monoisotopic (exact) mass is 332 g/mol. The van der Waals surface area contributed by atoms with E-state index in [4.69, 9.17) is 0 Å². The highest BCUT2D eigenvalue weighted by Gasteiger charge is 2.23. The number of imidazole rings is 1. The van der Waals surface area contributed by atoms with E-state index >= 15 is 0 Å². The van der Waals surface area contributed by atoms with Crippen molar-refractivity contribution in [3.05, 3.63) is 71.6 Å². The van der Waals surface area contributed by atoms with Crippen LogP contribution in [0, 0.1) is 0 Å². The first-order chi connectivity index (χ1) is 12.2. The van der Waals surface area contributed by atoms with Gasteiger partial charge in [0.25, 0.3) is 0 Å². The van der Waals surface area contributed by atoms with Gasteiger partial charge < -0.3 is 4.90 Å². The molecule has 128 valence electrons. The minimum absolute atomic E-state index is 0.412. The maximum atomic E-state index is 4.65. The van der Waals surface area contributed by atoms with E-state index in [1.807, 2.05) is 17.1 Å². The van der Waals surface area contributed by atoms with Crippen molar-refractivity contribution in [2.24, 2.45) is 4.99 Å². The smallest absolute Gasteiger partial charge is 0.139 e. The number of aryl methyl sites for hydroxylation is 1. The predicted molar refractivity (Wildman–Crippen MR) is 102 cm³/mol. The Bertz CT molecular complexity index is 883. The minimum Gasteiger partial charge on any atom is -0.346 e. The van der Waals surface area contributed by atoms with Crippen molar-refractivity contribution < 1.29 is 0 Å². The Morgan fingerprint density at radius 3 is 2.88 bits per heavy atom. The number of aliphatic imine (C=N–C) groups is 1. The summed E-state index contributed by atoms with van der Waals surface area (Å²) in [7, 11) is 0. The number of hydrogen-bond donors (Lipinski definition) is 0. The van der Waals surface area contributed by atoms with Crippen molar-refractivity contribution in [2.45, 2.75) is 39.5 Å². The van der Waals surface area contributed by atoms with E-state index < -0.39 is 0 Å². The molecule has 0 atom stereocenters. The summed E-state index contributed by atoms with van der Waals surface area (Å²) in [5.74, 6) is 1.32. The average molecular weight is 332 g/mol. The average Bonchev–Trinajstić information content (AvgIpc) is 3.02. The quantitative estimate of drug-likeness (QED) is 0.826. The van der Waals surface area contributed by atoms with Crippen LogP contribution in [0.5, 0.6) is 0 Å². The molecule has 0 spiro atoms. The topological polar surface area (TPSA) is 33.4 Å². The van der Waals surface area contributed by atoms with E-state index in [0.29, 0.717) is 5.92 Å². The van der Waals surface area contributed by atoms with Crippen molar-refractivity contribution in [3.63, 3.8) is 0 Å². The van der Waals surface area contributed by atoms with Crippen LogP contribution in [-0.2, 0) is 12.8 Å². The normalized spacial score (nSPS) is 16.2. The highest BCUT2D eigenvalue weighted by molar-refractivity contribution is 6.01. The molecule has 4 nitrogen and oxygen atoms in total. The molecule has 2 aliphatic heterocycles. The molecule has 25 heavy (non-hydrogen) atoms. The molecule has 0 unspecified atom stereocenters. The number of allylic oxidation sites excluding steroid dienone is 1. The lowest BCUT2D eigenvalue weighted by Crippen LogP contribution is -2.26. The molecule has 0 aliphatic carbocycles. The molecule has 0 amide bonds. The lowest BCUT2D eigenvalue weighted by atomic mass is 9.91. The van der Waals surface area contributed by atoms with Crippen molar-refractivity contribution in [2.75, 3.05) is 6.54 Å². The van der Waals surface area contributed by atoms with E-state index in [1.165, 1.54) is 22.4 Å². The van der Waals surface area contributed by atoms with Gasteiger partial charge in [0.2, 0.25) is 0 Å². The second-order valence-corrected chi connectivity index (χ2v) is 6.92. The molecule has 3 heterocycles. The van der Waals surface area contributed by atoms with Crippen LogP contribution in [0.3, 0.4) is 0 Å². The predicted octanol–water partition coefficient (Wildman–Crippen LogP) is 4.20. The highest BCUT2D eigenvalue weighted by Crippen LogP contribution is 2.32. The lowest BCUT2D eigenvalue weighted by molar-refractivity contribution is 0.514. The Balaban J connectivity index is 1.79. The van der Waals surface area contributed by atoms with Crippen LogP contribution in [0.2, 0.25) is 0 Å². The van der Waals surface area contributed by atoms with Gasteiger partial charge in [0.15, 0.2) is 0 Å². The fourth-order valence-corrected chi connectivity index (χ4v) is 3.58. The van der Waals surface area contributed by atoms with Gasteiger partial charge in [-0.2, -0.15) is 0 Å². The SMILES string of the molecule is CCc1cccc2c1CCN1C=CN=C(n3cnc(C(C)C)c3)C=C21. The van der Waals surface area contributed by atoms with Gasteiger partial charge >= 0.3 is 0 Å². The van der Waals surface area contributed by atoms with Gasteiger partial charge in [-0.3, -0.25) is 4.57 Å². The third-order valence-corrected chi connectivity index (χ3v) is 5.02. The Hall–Kier alpha value is -2.62. The summed E-state index contributed by atoms with van der Waals surface area (Å²) in [5, 5.41) is 0. The van der Waals surface area contributed by atoms with Crippen molar-refractivity contribution >= 4 is 11.5 Å². The summed E-state index contributed by atoms with van der Waals surface area (Å²) < 4.78 is 2.02. The summed E-state index contributed by atoms with van der Waals surface area (Å²) in [6, 6.07) is 6.65. The maximum absolute atomic E-state index is 4.65. The van der Waals surface area contributed by atoms with Crippen LogP contribution in [0.1, 0.15) is 49.1 Å². The molecule has 2 aromatic rings. The third kappa shape index (κ3) is 2.82. The number of hydrogen-bond acceptors (Lipinski definition) is 3. The first-order valence-corrected chi connectivity index (χ1v) is 9.05. The Morgan fingerprint density at radius 1 is 1.24 bits per heavy atom. The first-order valence-electron chi connectivity index (χ1n) is 9.05. The van der Waals surface area contributed by atoms with Crippen LogP contribution >= 0.6 is 0 Å². The molecular formula is C21H24N4. The van der Waals surface area contributed by atoms with Crippen LogP contribution in [-0.4, -0.2) is 26.8 Å². The molecule has 0 bridgehead atoms. The molecule has 0 N–H and O–H groups in total. The van der Waals surface area contributed by atoms with E-state index in [-0.39, 0.29) is 0 Å². The van der Waals surface area contributed by atoms with Gasteiger partial charge in [-0.1, -0.05) is 39.0 Å². The van der Waals surface area contributed by atoms with E-state index in [2.05, 4.69) is 72.3 Å². The minimum atomic E-state index is 0.412. The molecule has 0 radical (unpaired) electrons.